The largest absolute Gasteiger partial charge is 0.444 e. The second kappa shape index (κ2) is 26.5. The van der Waals surface area contributed by atoms with Crippen LogP contribution < -0.4 is 21.1 Å². The SMILES string of the molecule is CCCN(CCCNC(=O)OC(C)(C)C)C(=O)C1=Cc2ccc(-c3cccc(S(=O)(=O)N4CC(CNC(=O)CCOCCOCCOCCC(=O)Oc5c(F)c(F)c(S(=O)(=O)O)c(F)c5F)C4)c3)cc2N=C(N)C1. The number of carbonyl (C=O) groups excluding carboxylic acids is 4. The number of fused-ring (bicyclic) bond motifs is 1. The molecule has 3 aromatic carbocycles. The molecule has 26 heteroatoms. The molecule has 0 saturated carbocycles. The molecule has 0 atom stereocenters. The standard InChI is InChI=1S/C48H60F4N6O14S2/c1-5-15-57(16-7-14-54-47(62)72-48(2,3)4)46(61)34-23-33-11-10-32(25-36(33)56-37(53)26-34)31-8-6-9-35(24-31)73(63,64)58-28-30(29-58)27-55-38(59)12-17-68-19-21-70-22-20-69-18-13-39(60)71-44-40(49)42(51)45(74(65,66)67)43(52)41(44)50/h6,8-11,23-25,30H,5,7,12-22,26-29H2,1-4H3,(H2,53,56)(H,54,62)(H,55,59)(H,65,66,67). The fourth-order valence-corrected chi connectivity index (χ4v) is 9.66. The van der Waals surface area contributed by atoms with Crippen LogP contribution in [0.5, 0.6) is 5.75 Å². The average Bonchev–Trinajstić information content (AvgIpc) is 3.48. The van der Waals surface area contributed by atoms with E-state index in [1.54, 1.807) is 56.0 Å². The number of hydrogen-bond donors (Lipinski definition) is 4. The maximum absolute atomic E-state index is 14.1. The van der Waals surface area contributed by atoms with E-state index in [0.717, 1.165) is 6.42 Å². The first kappa shape index (κ1) is 58.9. The number of halogens is 4. The highest BCUT2D eigenvalue weighted by atomic mass is 32.2. The minimum absolute atomic E-state index is 0.0287. The molecule has 2 aliphatic rings. The maximum Gasteiger partial charge on any atom is 0.407 e. The van der Waals surface area contributed by atoms with Crippen molar-refractivity contribution in [2.24, 2.45) is 16.6 Å². The number of esters is 1. The minimum Gasteiger partial charge on any atom is -0.444 e. The number of amides is 3. The fourth-order valence-electron chi connectivity index (χ4n) is 7.38. The van der Waals surface area contributed by atoms with E-state index in [2.05, 4.69) is 20.4 Å². The Balaban J connectivity index is 0.981. The van der Waals surface area contributed by atoms with E-state index in [-0.39, 0.29) is 101 Å². The van der Waals surface area contributed by atoms with E-state index < -0.39 is 78.1 Å². The molecule has 2 aliphatic heterocycles. The Morgan fingerprint density at radius 3 is 2.08 bits per heavy atom. The van der Waals surface area contributed by atoms with Gasteiger partial charge < -0.3 is 45.0 Å². The zero-order valence-corrected chi connectivity index (χ0v) is 42.9. The van der Waals surface area contributed by atoms with E-state index in [4.69, 9.17) is 29.2 Å². The number of rotatable bonds is 26. The van der Waals surface area contributed by atoms with Crippen LogP contribution in [0.3, 0.4) is 0 Å². The smallest absolute Gasteiger partial charge is 0.407 e. The van der Waals surface area contributed by atoms with E-state index in [1.165, 1.54) is 10.4 Å². The van der Waals surface area contributed by atoms with E-state index >= 15 is 0 Å². The van der Waals surface area contributed by atoms with Crippen molar-refractivity contribution in [2.75, 3.05) is 78.9 Å². The van der Waals surface area contributed by atoms with Crippen molar-refractivity contribution in [1.29, 1.82) is 0 Å². The van der Waals surface area contributed by atoms with Crippen molar-refractivity contribution in [2.45, 2.75) is 75.2 Å². The van der Waals surface area contributed by atoms with E-state index in [9.17, 15) is 53.6 Å². The van der Waals surface area contributed by atoms with Gasteiger partial charge >= 0.3 is 22.2 Å². The Morgan fingerprint density at radius 2 is 1.46 bits per heavy atom. The highest BCUT2D eigenvalue weighted by Gasteiger charge is 2.37. The van der Waals surface area contributed by atoms with Gasteiger partial charge in [0.05, 0.1) is 56.6 Å². The van der Waals surface area contributed by atoms with Gasteiger partial charge in [0, 0.05) is 69.2 Å². The number of sulfonamides is 1. The molecule has 0 aromatic heterocycles. The normalized spacial score (nSPS) is 14.2. The molecular formula is C48H60F4N6O14S2. The monoisotopic (exact) mass is 1080 g/mol. The lowest BCUT2D eigenvalue weighted by atomic mass is 10.0. The van der Waals surface area contributed by atoms with Gasteiger partial charge in [0.1, 0.15) is 11.4 Å². The maximum atomic E-state index is 14.1. The lowest BCUT2D eigenvalue weighted by Crippen LogP contribution is -2.53. The third kappa shape index (κ3) is 16.7. The van der Waals surface area contributed by atoms with Crippen LogP contribution in [-0.4, -0.2) is 145 Å². The summed E-state index contributed by atoms with van der Waals surface area (Å²) in [5.74, 6) is -13.2. The highest BCUT2D eigenvalue weighted by Crippen LogP contribution is 2.35. The number of hydrogen-bond acceptors (Lipinski definition) is 15. The predicted octanol–water partition coefficient (Wildman–Crippen LogP) is 5.26. The number of ether oxygens (including phenoxy) is 5. The molecule has 0 unspecified atom stereocenters. The Kier molecular flexibility index (Phi) is 21.0. The summed E-state index contributed by atoms with van der Waals surface area (Å²) in [6.45, 7) is 9.12. The van der Waals surface area contributed by atoms with Gasteiger partial charge in [-0.15, -0.1) is 0 Å². The molecule has 1 fully saturated rings. The number of alkyl carbamates (subject to hydrolysis) is 1. The van der Waals surface area contributed by atoms with Gasteiger partial charge in [-0.25, -0.2) is 27.0 Å². The van der Waals surface area contributed by atoms with E-state index in [1.807, 2.05) is 19.1 Å². The minimum atomic E-state index is -5.68. The number of benzene rings is 3. The second-order valence-electron chi connectivity index (χ2n) is 18.0. The van der Waals surface area contributed by atoms with Crippen LogP contribution in [0.2, 0.25) is 0 Å². The molecule has 2 heterocycles. The van der Waals surface area contributed by atoms with Crippen molar-refractivity contribution >= 4 is 61.6 Å². The molecule has 1 saturated heterocycles. The van der Waals surface area contributed by atoms with Gasteiger partial charge in [-0.05, 0) is 69.0 Å². The first-order chi connectivity index (χ1) is 34.9. The van der Waals surface area contributed by atoms with Crippen LogP contribution in [0, 0.1) is 29.2 Å². The Morgan fingerprint density at radius 1 is 0.838 bits per heavy atom. The summed E-state index contributed by atoms with van der Waals surface area (Å²) in [4.78, 5) is 54.3. The lowest BCUT2D eigenvalue weighted by Gasteiger charge is -2.38. The van der Waals surface area contributed by atoms with Crippen LogP contribution >= 0.6 is 0 Å². The van der Waals surface area contributed by atoms with Crippen LogP contribution in [0.25, 0.3) is 17.2 Å². The molecule has 3 amide bonds. The summed E-state index contributed by atoms with van der Waals surface area (Å²) in [7, 11) is -9.55. The summed E-state index contributed by atoms with van der Waals surface area (Å²) >= 11 is 0. The van der Waals surface area contributed by atoms with Gasteiger partial charge in [-0.2, -0.15) is 21.5 Å². The summed E-state index contributed by atoms with van der Waals surface area (Å²) in [6, 6.07) is 12.0. The van der Waals surface area contributed by atoms with Gasteiger partial charge in [0.15, 0.2) is 16.5 Å². The molecule has 20 nitrogen and oxygen atoms in total. The van der Waals surface area contributed by atoms with Crippen molar-refractivity contribution in [3.63, 3.8) is 0 Å². The molecule has 0 radical (unpaired) electrons. The number of amidine groups is 1. The molecule has 0 spiro atoms. The number of aliphatic imine (C=N–C) groups is 1. The number of carbonyl (C=O) groups is 4. The van der Waals surface area contributed by atoms with Gasteiger partial charge in [0.2, 0.25) is 39.2 Å². The second-order valence-corrected chi connectivity index (χ2v) is 21.3. The predicted molar refractivity (Wildman–Crippen MR) is 260 cm³/mol. The number of nitrogens with one attached hydrogen (secondary N) is 2. The zero-order valence-electron chi connectivity index (χ0n) is 41.2. The average molecular weight is 1090 g/mol. The summed E-state index contributed by atoms with van der Waals surface area (Å²) in [5, 5.41) is 5.50. The molecule has 5 N–H and O–H groups in total. The van der Waals surface area contributed by atoms with Crippen molar-refractivity contribution in [3.8, 4) is 16.9 Å². The molecule has 3 aromatic rings. The molecular weight excluding hydrogens is 1020 g/mol. The van der Waals surface area contributed by atoms with Crippen LogP contribution in [0.1, 0.15) is 65.4 Å². The van der Waals surface area contributed by atoms with Gasteiger partial charge in [-0.3, -0.25) is 18.9 Å². The number of nitrogens with two attached hydrogens (primary N) is 1. The quantitative estimate of drug-likeness (QED) is 0.0199. The topological polar surface area (TPSA) is 272 Å². The van der Waals surface area contributed by atoms with Crippen LogP contribution in [0.15, 0.2) is 62.8 Å². The molecule has 406 valence electrons. The third-order valence-electron chi connectivity index (χ3n) is 11.0. The highest BCUT2D eigenvalue weighted by molar-refractivity contribution is 7.89. The first-order valence-corrected chi connectivity index (χ1v) is 26.4. The zero-order chi connectivity index (χ0) is 54.4. The van der Waals surface area contributed by atoms with Crippen molar-refractivity contribution in [3.05, 3.63) is 76.9 Å². The summed E-state index contributed by atoms with van der Waals surface area (Å²) < 4.78 is 141. The third-order valence-corrected chi connectivity index (χ3v) is 13.7. The number of nitrogens with zero attached hydrogens (tertiary/aromatic N) is 3. The van der Waals surface area contributed by atoms with Gasteiger partial charge in [-0.1, -0.05) is 31.2 Å². The van der Waals surface area contributed by atoms with E-state index in [0.29, 0.717) is 54.0 Å². The Labute approximate surface area is 426 Å². The molecule has 5 rings (SSSR count). The van der Waals surface area contributed by atoms with Gasteiger partial charge in [0.25, 0.3) is 0 Å². The van der Waals surface area contributed by atoms with Crippen molar-refractivity contribution < 1.29 is 81.8 Å². The first-order valence-electron chi connectivity index (χ1n) is 23.5. The molecule has 74 heavy (non-hydrogen) atoms. The Bertz CT molecular complexity index is 2790. The van der Waals surface area contributed by atoms with Crippen LogP contribution in [0.4, 0.5) is 28.0 Å². The van der Waals surface area contributed by atoms with Crippen molar-refractivity contribution in [1.82, 2.24) is 19.8 Å². The lowest BCUT2D eigenvalue weighted by molar-refractivity contribution is -0.136. The Hall–Kier alpha value is -6.03. The molecule has 0 aliphatic carbocycles. The fraction of sp³-hybridized carbons (Fsp3) is 0.479. The summed E-state index contributed by atoms with van der Waals surface area (Å²) in [5.41, 5.74) is 8.69. The summed E-state index contributed by atoms with van der Waals surface area (Å²) in [6.07, 6.45) is 2.02. The van der Waals surface area contributed by atoms with Crippen LogP contribution in [-0.2, 0) is 53.5 Å². The molecule has 0 bridgehead atoms.